The average Bonchev–Trinajstić information content (AvgIpc) is 2.47. The van der Waals surface area contributed by atoms with E-state index in [4.69, 9.17) is 9.84 Å². The van der Waals surface area contributed by atoms with Gasteiger partial charge in [-0.05, 0) is 12.8 Å². The minimum Gasteiger partial charge on any atom is -0.480 e. The first-order valence-electron chi connectivity index (χ1n) is 7.11. The topological polar surface area (TPSA) is 73.3 Å². The molecule has 2 heterocycles. The average molecular weight is 285 g/mol. The molecule has 0 aromatic heterocycles. The number of carboxylic acid groups (broad SMARTS) is 1. The van der Waals surface area contributed by atoms with Crippen LogP contribution in [0.4, 0.5) is 4.79 Å². The lowest BCUT2D eigenvalue weighted by Gasteiger charge is -2.39. The van der Waals surface area contributed by atoms with E-state index in [2.05, 4.69) is 0 Å². The smallest absolute Gasteiger partial charge is 0.320 e. The van der Waals surface area contributed by atoms with Crippen molar-refractivity contribution in [3.8, 4) is 0 Å². The molecule has 0 unspecified atom stereocenters. The van der Waals surface area contributed by atoms with Crippen molar-refractivity contribution in [1.82, 2.24) is 14.7 Å². The van der Waals surface area contributed by atoms with E-state index >= 15 is 0 Å². The lowest BCUT2D eigenvalue weighted by Crippen LogP contribution is -2.55. The molecule has 114 valence electrons. The van der Waals surface area contributed by atoms with Crippen LogP contribution in [-0.2, 0) is 9.53 Å². The lowest BCUT2D eigenvalue weighted by atomic mass is 10.1. The largest absolute Gasteiger partial charge is 0.480 e. The number of urea groups is 1. The Hall–Kier alpha value is -1.34. The van der Waals surface area contributed by atoms with Crippen molar-refractivity contribution in [2.24, 2.45) is 0 Å². The second-order valence-electron chi connectivity index (χ2n) is 5.39. The number of aliphatic carboxylic acids is 1. The zero-order valence-corrected chi connectivity index (χ0v) is 12.0. The van der Waals surface area contributed by atoms with E-state index < -0.39 is 5.97 Å². The van der Waals surface area contributed by atoms with Crippen LogP contribution in [0.3, 0.4) is 0 Å². The molecule has 0 saturated carbocycles. The second-order valence-corrected chi connectivity index (χ2v) is 5.39. The van der Waals surface area contributed by atoms with E-state index in [0.717, 1.165) is 12.8 Å². The zero-order chi connectivity index (χ0) is 14.5. The van der Waals surface area contributed by atoms with Crippen molar-refractivity contribution in [1.29, 1.82) is 0 Å². The molecular weight excluding hydrogens is 262 g/mol. The molecule has 2 aliphatic rings. The van der Waals surface area contributed by atoms with Crippen molar-refractivity contribution >= 4 is 12.0 Å². The maximum absolute atomic E-state index is 12.4. The molecule has 7 heteroatoms. The highest BCUT2D eigenvalue weighted by Gasteiger charge is 2.28. The number of hydrogen-bond donors (Lipinski definition) is 1. The Morgan fingerprint density at radius 2 is 1.80 bits per heavy atom. The Bertz CT molecular complexity index is 350. The fraction of sp³-hybridized carbons (Fsp3) is 0.846. The van der Waals surface area contributed by atoms with Gasteiger partial charge in [-0.15, -0.1) is 0 Å². The van der Waals surface area contributed by atoms with Crippen LogP contribution < -0.4 is 0 Å². The highest BCUT2D eigenvalue weighted by molar-refractivity contribution is 5.74. The van der Waals surface area contributed by atoms with Crippen molar-refractivity contribution < 1.29 is 19.4 Å². The van der Waals surface area contributed by atoms with Gasteiger partial charge in [-0.3, -0.25) is 9.69 Å². The van der Waals surface area contributed by atoms with Gasteiger partial charge in [0.15, 0.2) is 0 Å². The summed E-state index contributed by atoms with van der Waals surface area (Å²) in [6.45, 7) is 3.93. The summed E-state index contributed by atoms with van der Waals surface area (Å²) in [6.07, 6.45) is 1.78. The monoisotopic (exact) mass is 285 g/mol. The van der Waals surface area contributed by atoms with Gasteiger partial charge < -0.3 is 19.6 Å². The molecular formula is C13H23N3O4. The van der Waals surface area contributed by atoms with Gasteiger partial charge in [0, 0.05) is 52.5 Å². The fourth-order valence-corrected chi connectivity index (χ4v) is 2.74. The Kier molecular flexibility index (Phi) is 5.19. The third-order valence-electron chi connectivity index (χ3n) is 4.04. The standard InChI is InChI=1S/C13H23N3O4/c1-14(11-2-8-20-9-3-11)13(19)16-6-4-15(5-7-16)10-12(17)18/h11H,2-10H2,1H3,(H,17,18). The van der Waals surface area contributed by atoms with E-state index in [1.807, 2.05) is 21.7 Å². The number of carboxylic acids is 1. The van der Waals surface area contributed by atoms with Crippen LogP contribution in [0, 0.1) is 0 Å². The summed E-state index contributed by atoms with van der Waals surface area (Å²) in [5.74, 6) is -0.816. The first kappa shape index (κ1) is 15.1. The molecule has 0 spiro atoms. The van der Waals surface area contributed by atoms with E-state index in [-0.39, 0.29) is 18.6 Å². The summed E-state index contributed by atoms with van der Waals surface area (Å²) in [5.41, 5.74) is 0. The Balaban J connectivity index is 1.80. The van der Waals surface area contributed by atoms with Gasteiger partial charge in [-0.1, -0.05) is 0 Å². The van der Waals surface area contributed by atoms with Crippen LogP contribution in [0.1, 0.15) is 12.8 Å². The molecule has 0 atom stereocenters. The highest BCUT2D eigenvalue weighted by Crippen LogP contribution is 2.15. The number of carbonyl (C=O) groups is 2. The molecule has 1 N–H and O–H groups in total. The predicted octanol–water partition coefficient (Wildman–Crippen LogP) is -0.0806. The molecule has 7 nitrogen and oxygen atoms in total. The van der Waals surface area contributed by atoms with Crippen molar-refractivity contribution in [3.63, 3.8) is 0 Å². The molecule has 0 aromatic rings. The van der Waals surface area contributed by atoms with Crippen LogP contribution in [-0.4, -0.2) is 90.8 Å². The van der Waals surface area contributed by atoms with Crippen LogP contribution in [0.15, 0.2) is 0 Å². The summed E-state index contributed by atoms with van der Waals surface area (Å²) < 4.78 is 5.31. The Morgan fingerprint density at radius 3 is 2.35 bits per heavy atom. The lowest BCUT2D eigenvalue weighted by molar-refractivity contribution is -0.138. The van der Waals surface area contributed by atoms with E-state index in [1.54, 1.807) is 0 Å². The molecule has 20 heavy (non-hydrogen) atoms. The van der Waals surface area contributed by atoms with Crippen molar-refractivity contribution in [2.75, 3.05) is 53.0 Å². The first-order chi connectivity index (χ1) is 9.58. The van der Waals surface area contributed by atoms with E-state index in [0.29, 0.717) is 39.4 Å². The zero-order valence-electron chi connectivity index (χ0n) is 12.0. The normalized spacial score (nSPS) is 21.8. The molecule has 0 bridgehead atoms. The molecule has 0 aromatic carbocycles. The maximum atomic E-state index is 12.4. The van der Waals surface area contributed by atoms with Gasteiger partial charge in [-0.25, -0.2) is 4.79 Å². The van der Waals surface area contributed by atoms with Crippen molar-refractivity contribution in [3.05, 3.63) is 0 Å². The number of piperazine rings is 1. The predicted molar refractivity (Wildman–Crippen MR) is 72.6 cm³/mol. The van der Waals surface area contributed by atoms with Gasteiger partial charge in [0.25, 0.3) is 0 Å². The minimum atomic E-state index is -0.816. The summed E-state index contributed by atoms with van der Waals surface area (Å²) in [6, 6.07) is 0.306. The third-order valence-corrected chi connectivity index (χ3v) is 4.04. The van der Waals surface area contributed by atoms with Crippen LogP contribution in [0.2, 0.25) is 0 Å². The molecule has 2 amide bonds. The van der Waals surface area contributed by atoms with Gasteiger partial charge in [0.2, 0.25) is 0 Å². The van der Waals surface area contributed by atoms with Crippen molar-refractivity contribution in [2.45, 2.75) is 18.9 Å². The number of rotatable bonds is 3. The molecule has 2 aliphatic heterocycles. The summed E-state index contributed by atoms with van der Waals surface area (Å²) >= 11 is 0. The fourth-order valence-electron chi connectivity index (χ4n) is 2.74. The summed E-state index contributed by atoms with van der Waals surface area (Å²) in [5, 5.41) is 8.76. The number of hydrogen-bond acceptors (Lipinski definition) is 4. The second kappa shape index (κ2) is 6.90. The van der Waals surface area contributed by atoms with Gasteiger partial charge in [0.1, 0.15) is 0 Å². The number of ether oxygens (including phenoxy) is 1. The molecule has 2 saturated heterocycles. The summed E-state index contributed by atoms with van der Waals surface area (Å²) in [7, 11) is 1.85. The van der Waals surface area contributed by atoms with E-state index in [1.165, 1.54) is 0 Å². The Labute approximate surface area is 119 Å². The molecule has 2 fully saturated rings. The van der Waals surface area contributed by atoms with Gasteiger partial charge in [0.05, 0.1) is 6.54 Å². The van der Waals surface area contributed by atoms with Crippen LogP contribution >= 0.6 is 0 Å². The number of carbonyl (C=O) groups excluding carboxylic acids is 1. The number of amides is 2. The molecule has 0 radical (unpaired) electrons. The molecule has 2 rings (SSSR count). The SMILES string of the molecule is CN(C(=O)N1CCN(CC(=O)O)CC1)C1CCOCC1. The van der Waals surface area contributed by atoms with Gasteiger partial charge in [-0.2, -0.15) is 0 Å². The number of nitrogens with zero attached hydrogens (tertiary/aromatic N) is 3. The third kappa shape index (κ3) is 3.83. The van der Waals surface area contributed by atoms with Crippen LogP contribution in [0.25, 0.3) is 0 Å². The first-order valence-corrected chi connectivity index (χ1v) is 7.11. The van der Waals surface area contributed by atoms with Crippen LogP contribution in [0.5, 0.6) is 0 Å². The Morgan fingerprint density at radius 1 is 1.20 bits per heavy atom. The van der Waals surface area contributed by atoms with E-state index in [9.17, 15) is 9.59 Å². The molecule has 0 aliphatic carbocycles. The minimum absolute atomic E-state index is 0.0480. The quantitative estimate of drug-likeness (QED) is 0.785. The van der Waals surface area contributed by atoms with Gasteiger partial charge >= 0.3 is 12.0 Å². The highest BCUT2D eigenvalue weighted by atomic mass is 16.5. The summed E-state index contributed by atoms with van der Waals surface area (Å²) in [4.78, 5) is 28.5. The maximum Gasteiger partial charge on any atom is 0.320 e.